The lowest BCUT2D eigenvalue weighted by Crippen LogP contribution is -1.98. The zero-order chi connectivity index (χ0) is 10.3. The van der Waals surface area contributed by atoms with Crippen molar-refractivity contribution in [1.82, 2.24) is 0 Å². The van der Waals surface area contributed by atoms with E-state index in [1.54, 1.807) is 0 Å². The van der Waals surface area contributed by atoms with Gasteiger partial charge < -0.3 is 15.3 Å². The van der Waals surface area contributed by atoms with E-state index in [0.717, 1.165) is 6.07 Å². The third kappa shape index (κ3) is 1.10. The van der Waals surface area contributed by atoms with Gasteiger partial charge in [0.25, 0.3) is 0 Å². The summed E-state index contributed by atoms with van der Waals surface area (Å²) in [4.78, 5) is 10.6. The summed E-state index contributed by atoms with van der Waals surface area (Å²) < 4.78 is 17.7. The Bertz CT molecular complexity index is 518. The van der Waals surface area contributed by atoms with Gasteiger partial charge in [-0.3, -0.25) is 0 Å². The lowest BCUT2D eigenvalue weighted by atomic mass is 10.2. The molecule has 1 aromatic carbocycles. The lowest BCUT2D eigenvalue weighted by molar-refractivity contribution is 0.0666. The Morgan fingerprint density at radius 1 is 1.50 bits per heavy atom. The summed E-state index contributed by atoms with van der Waals surface area (Å²) in [6.45, 7) is 0. The molecule has 4 nitrogen and oxygen atoms in total. The zero-order valence-corrected chi connectivity index (χ0v) is 6.95. The fraction of sp³-hybridized carbons (Fsp3) is 0. The van der Waals surface area contributed by atoms with E-state index in [9.17, 15) is 9.18 Å². The maximum absolute atomic E-state index is 12.8. The van der Waals surface area contributed by atoms with Crippen LogP contribution in [0.15, 0.2) is 22.6 Å². The largest absolute Gasteiger partial charge is 0.475 e. The minimum Gasteiger partial charge on any atom is -0.475 e. The van der Waals surface area contributed by atoms with Crippen LogP contribution in [-0.4, -0.2) is 11.1 Å². The fourth-order valence-electron chi connectivity index (χ4n) is 1.25. The van der Waals surface area contributed by atoms with Crippen LogP contribution in [0.3, 0.4) is 0 Å². The van der Waals surface area contributed by atoms with Gasteiger partial charge in [-0.2, -0.15) is 0 Å². The number of furan rings is 1. The standard InChI is InChI=1S/C9H6FNO3/c10-4-1-2-6-5(3-4)7(11)8(14-6)9(12)13/h1-3H,11H2,(H,12,13). The molecular formula is C9H6FNO3. The van der Waals surface area contributed by atoms with Crippen molar-refractivity contribution in [1.29, 1.82) is 0 Å². The van der Waals surface area contributed by atoms with Gasteiger partial charge in [0.05, 0.1) is 5.69 Å². The predicted molar refractivity (Wildman–Crippen MR) is 47.5 cm³/mol. The van der Waals surface area contributed by atoms with E-state index in [1.165, 1.54) is 12.1 Å². The van der Waals surface area contributed by atoms with E-state index < -0.39 is 11.8 Å². The van der Waals surface area contributed by atoms with Crippen molar-refractivity contribution in [3.05, 3.63) is 29.8 Å². The second-order valence-corrected chi connectivity index (χ2v) is 2.79. The SMILES string of the molecule is Nc1c(C(=O)O)oc2ccc(F)cc12. The molecule has 2 rings (SSSR count). The van der Waals surface area contributed by atoms with Crippen LogP contribution in [0.2, 0.25) is 0 Å². The van der Waals surface area contributed by atoms with Crippen LogP contribution in [0.5, 0.6) is 0 Å². The summed E-state index contributed by atoms with van der Waals surface area (Å²) >= 11 is 0. The van der Waals surface area contributed by atoms with Gasteiger partial charge in [0.15, 0.2) is 0 Å². The number of fused-ring (bicyclic) bond motifs is 1. The van der Waals surface area contributed by atoms with Crippen molar-refractivity contribution in [2.45, 2.75) is 0 Å². The normalized spacial score (nSPS) is 10.6. The van der Waals surface area contributed by atoms with Crippen molar-refractivity contribution in [2.24, 2.45) is 0 Å². The molecular weight excluding hydrogens is 189 g/mol. The molecule has 2 aromatic rings. The first-order valence-corrected chi connectivity index (χ1v) is 3.80. The van der Waals surface area contributed by atoms with E-state index in [4.69, 9.17) is 15.3 Å². The second-order valence-electron chi connectivity index (χ2n) is 2.79. The maximum atomic E-state index is 12.8. The van der Waals surface area contributed by atoms with Crippen molar-refractivity contribution in [3.8, 4) is 0 Å². The fourth-order valence-corrected chi connectivity index (χ4v) is 1.25. The number of rotatable bonds is 1. The van der Waals surface area contributed by atoms with E-state index in [0.29, 0.717) is 0 Å². The Morgan fingerprint density at radius 3 is 2.86 bits per heavy atom. The number of aromatic carboxylic acids is 1. The quantitative estimate of drug-likeness (QED) is 0.727. The highest BCUT2D eigenvalue weighted by molar-refractivity contribution is 6.02. The molecule has 0 amide bonds. The molecule has 14 heavy (non-hydrogen) atoms. The molecule has 0 radical (unpaired) electrons. The van der Waals surface area contributed by atoms with Crippen LogP contribution >= 0.6 is 0 Å². The van der Waals surface area contributed by atoms with Crippen molar-refractivity contribution < 1.29 is 18.7 Å². The zero-order valence-electron chi connectivity index (χ0n) is 6.95. The molecule has 0 saturated heterocycles. The summed E-state index contributed by atoms with van der Waals surface area (Å²) in [6.07, 6.45) is 0. The van der Waals surface area contributed by atoms with E-state index in [-0.39, 0.29) is 22.4 Å². The van der Waals surface area contributed by atoms with Gasteiger partial charge in [-0.25, -0.2) is 9.18 Å². The van der Waals surface area contributed by atoms with E-state index in [1.807, 2.05) is 0 Å². The maximum Gasteiger partial charge on any atom is 0.374 e. The molecule has 0 aliphatic rings. The Morgan fingerprint density at radius 2 is 2.21 bits per heavy atom. The average Bonchev–Trinajstić information content (AvgIpc) is 2.44. The van der Waals surface area contributed by atoms with Crippen molar-refractivity contribution in [2.75, 3.05) is 5.73 Å². The van der Waals surface area contributed by atoms with Crippen LogP contribution in [-0.2, 0) is 0 Å². The molecule has 5 heteroatoms. The Kier molecular flexibility index (Phi) is 1.67. The first-order valence-electron chi connectivity index (χ1n) is 3.80. The van der Waals surface area contributed by atoms with Crippen LogP contribution in [0.4, 0.5) is 10.1 Å². The number of carboxylic acid groups (broad SMARTS) is 1. The molecule has 1 heterocycles. The number of nitrogens with two attached hydrogens (primary N) is 1. The molecule has 0 bridgehead atoms. The molecule has 0 saturated carbocycles. The topological polar surface area (TPSA) is 76.5 Å². The first-order chi connectivity index (χ1) is 6.59. The Hall–Kier alpha value is -2.04. The molecule has 0 aliphatic carbocycles. The summed E-state index contributed by atoms with van der Waals surface area (Å²) in [5.74, 6) is -2.10. The van der Waals surface area contributed by atoms with Gasteiger partial charge in [-0.15, -0.1) is 0 Å². The summed E-state index contributed by atoms with van der Waals surface area (Å²) in [5, 5.41) is 8.95. The van der Waals surface area contributed by atoms with Gasteiger partial charge in [0, 0.05) is 5.39 Å². The average molecular weight is 195 g/mol. The number of anilines is 1. The van der Waals surface area contributed by atoms with Gasteiger partial charge in [0.1, 0.15) is 11.4 Å². The molecule has 0 atom stereocenters. The van der Waals surface area contributed by atoms with E-state index in [2.05, 4.69) is 0 Å². The molecule has 1 aromatic heterocycles. The first kappa shape index (κ1) is 8.55. The molecule has 0 unspecified atom stereocenters. The number of carboxylic acids is 1. The van der Waals surface area contributed by atoms with Gasteiger partial charge in [-0.1, -0.05) is 0 Å². The summed E-state index contributed by atoms with van der Waals surface area (Å²) in [7, 11) is 0. The molecule has 72 valence electrons. The smallest absolute Gasteiger partial charge is 0.374 e. The van der Waals surface area contributed by atoms with Crippen LogP contribution in [0, 0.1) is 5.82 Å². The van der Waals surface area contributed by atoms with Gasteiger partial charge >= 0.3 is 5.97 Å². The Labute approximate surface area is 77.7 Å². The third-order valence-corrected chi connectivity index (χ3v) is 1.88. The van der Waals surface area contributed by atoms with Crippen molar-refractivity contribution in [3.63, 3.8) is 0 Å². The predicted octanol–water partition coefficient (Wildman–Crippen LogP) is 1.85. The number of nitrogen functional groups attached to an aromatic ring is 1. The van der Waals surface area contributed by atoms with Crippen molar-refractivity contribution >= 4 is 22.6 Å². The number of carbonyl (C=O) groups is 1. The number of halogens is 1. The third-order valence-electron chi connectivity index (χ3n) is 1.88. The molecule has 0 aliphatic heterocycles. The number of benzene rings is 1. The minimum atomic E-state index is -1.26. The van der Waals surface area contributed by atoms with Crippen LogP contribution < -0.4 is 5.73 Å². The second kappa shape index (κ2) is 2.73. The highest BCUT2D eigenvalue weighted by atomic mass is 19.1. The summed E-state index contributed by atoms with van der Waals surface area (Å²) in [6, 6.07) is 3.66. The number of hydrogen-bond acceptors (Lipinski definition) is 3. The van der Waals surface area contributed by atoms with Crippen LogP contribution in [0.1, 0.15) is 10.6 Å². The Balaban J connectivity index is 2.80. The molecule has 3 N–H and O–H groups in total. The minimum absolute atomic E-state index is 0.0491. The monoisotopic (exact) mass is 195 g/mol. The number of hydrogen-bond donors (Lipinski definition) is 2. The van der Waals surface area contributed by atoms with E-state index >= 15 is 0 Å². The van der Waals surface area contributed by atoms with Gasteiger partial charge in [-0.05, 0) is 18.2 Å². The van der Waals surface area contributed by atoms with Crippen LogP contribution in [0.25, 0.3) is 11.0 Å². The molecule has 0 fully saturated rings. The van der Waals surface area contributed by atoms with Gasteiger partial charge in [0.2, 0.25) is 5.76 Å². The highest BCUT2D eigenvalue weighted by Gasteiger charge is 2.17. The summed E-state index contributed by atoms with van der Waals surface area (Å²) in [5.41, 5.74) is 5.68. The molecule has 0 spiro atoms. The highest BCUT2D eigenvalue weighted by Crippen LogP contribution is 2.28. The lowest BCUT2D eigenvalue weighted by Gasteiger charge is -1.89.